The van der Waals surface area contributed by atoms with Gasteiger partial charge in [-0.25, -0.2) is 15.0 Å². The fourth-order valence-corrected chi connectivity index (χ4v) is 7.19. The molecule has 5 heteroatoms. The van der Waals surface area contributed by atoms with Crippen molar-refractivity contribution in [1.29, 1.82) is 0 Å². The van der Waals surface area contributed by atoms with E-state index in [1.165, 1.54) is 38.1 Å². The summed E-state index contributed by atoms with van der Waals surface area (Å²) < 4.78 is 2.32. The molecule has 238 valence electrons. The largest absolute Gasteiger partial charge is 0.308 e. The molecule has 10 rings (SSSR count). The third-order valence-corrected chi connectivity index (χ3v) is 9.67. The molecule has 10 aromatic rings. The molecule has 0 amide bonds. The molecule has 7 aromatic carbocycles. The van der Waals surface area contributed by atoms with Gasteiger partial charge in [-0.2, -0.15) is 0 Å². The lowest BCUT2D eigenvalue weighted by Gasteiger charge is -2.11. The maximum absolute atomic E-state index is 5.01. The number of fused-ring (bicyclic) bond motifs is 6. The molecular formula is C46H29N5. The van der Waals surface area contributed by atoms with Crippen molar-refractivity contribution in [2.45, 2.75) is 0 Å². The van der Waals surface area contributed by atoms with Crippen molar-refractivity contribution in [3.63, 3.8) is 0 Å². The first-order chi connectivity index (χ1) is 25.3. The van der Waals surface area contributed by atoms with E-state index >= 15 is 0 Å². The van der Waals surface area contributed by atoms with Crippen molar-refractivity contribution < 1.29 is 0 Å². The van der Waals surface area contributed by atoms with E-state index in [-0.39, 0.29) is 0 Å². The van der Waals surface area contributed by atoms with E-state index in [2.05, 4.69) is 132 Å². The summed E-state index contributed by atoms with van der Waals surface area (Å²) in [4.78, 5) is 19.9. The van der Waals surface area contributed by atoms with Crippen molar-refractivity contribution in [1.82, 2.24) is 24.5 Å². The van der Waals surface area contributed by atoms with Crippen molar-refractivity contribution >= 4 is 43.4 Å². The Morgan fingerprint density at radius 1 is 0.373 bits per heavy atom. The summed E-state index contributed by atoms with van der Waals surface area (Å²) in [6.45, 7) is 0. The van der Waals surface area contributed by atoms with Crippen LogP contribution in [0.15, 0.2) is 176 Å². The average molecular weight is 652 g/mol. The minimum atomic E-state index is 0.526. The van der Waals surface area contributed by atoms with Crippen LogP contribution in [0.1, 0.15) is 0 Å². The molecule has 5 nitrogen and oxygen atoms in total. The third-order valence-electron chi connectivity index (χ3n) is 9.67. The molecule has 51 heavy (non-hydrogen) atoms. The highest BCUT2D eigenvalue weighted by atomic mass is 15.1. The van der Waals surface area contributed by atoms with Gasteiger partial charge in [0, 0.05) is 21.9 Å². The van der Waals surface area contributed by atoms with Gasteiger partial charge in [0.1, 0.15) is 5.69 Å². The Kier molecular flexibility index (Phi) is 6.74. The summed E-state index contributed by atoms with van der Waals surface area (Å²) in [6, 6.07) is 59.2. The second-order valence-electron chi connectivity index (χ2n) is 12.8. The molecule has 0 saturated carbocycles. The fourth-order valence-electron chi connectivity index (χ4n) is 7.19. The number of hydrogen-bond donors (Lipinski definition) is 0. The van der Waals surface area contributed by atoms with Gasteiger partial charge in [-0.1, -0.05) is 140 Å². The molecule has 3 aromatic heterocycles. The number of hydrogen-bond acceptors (Lipinski definition) is 4. The Morgan fingerprint density at radius 2 is 1.02 bits per heavy atom. The smallest absolute Gasteiger partial charge is 0.182 e. The van der Waals surface area contributed by atoms with Gasteiger partial charge in [-0.15, -0.1) is 0 Å². The maximum Gasteiger partial charge on any atom is 0.182 e. The molecule has 0 atom stereocenters. The summed E-state index contributed by atoms with van der Waals surface area (Å²) in [5.41, 5.74) is 8.10. The summed E-state index contributed by atoms with van der Waals surface area (Å²) >= 11 is 0. The van der Waals surface area contributed by atoms with Crippen molar-refractivity contribution in [3.05, 3.63) is 176 Å². The topological polar surface area (TPSA) is 56.5 Å². The lowest BCUT2D eigenvalue weighted by atomic mass is 10.0. The van der Waals surface area contributed by atoms with Gasteiger partial charge in [0.25, 0.3) is 0 Å². The summed E-state index contributed by atoms with van der Waals surface area (Å²) in [6.07, 6.45) is 1.93. The molecule has 0 unspecified atom stereocenters. The van der Waals surface area contributed by atoms with E-state index in [1.807, 2.05) is 48.7 Å². The Hall–Kier alpha value is -6.98. The second-order valence-corrected chi connectivity index (χ2v) is 12.8. The molecule has 0 aliphatic rings. The standard InChI is InChI=1S/C46H29N5/c1-3-11-30(12-4-1)35-21-24-39-42(28-35)51(41-26-22-32-14-9-10-18-38(32)43(39)41)37-23-25-40(47-29-37)46-49-44(33-15-5-2-6-16-33)48-45(50-46)36-20-19-31-13-7-8-17-34(31)27-36/h1-29H. The number of pyridine rings is 1. The van der Waals surface area contributed by atoms with Crippen LogP contribution in [0, 0.1) is 0 Å². The molecule has 0 aliphatic heterocycles. The Morgan fingerprint density at radius 3 is 1.80 bits per heavy atom. The zero-order chi connectivity index (χ0) is 33.7. The molecule has 0 radical (unpaired) electrons. The van der Waals surface area contributed by atoms with Crippen molar-refractivity contribution in [2.24, 2.45) is 0 Å². The SMILES string of the molecule is c1ccc(-c2ccc3c4c5ccccc5ccc4n(-c4ccc(-c5nc(-c6ccccc6)nc(-c6ccc7ccccc7c6)n5)nc4)c3c2)cc1. The van der Waals surface area contributed by atoms with Gasteiger partial charge in [-0.05, 0) is 63.0 Å². The first-order valence-electron chi connectivity index (χ1n) is 17.1. The zero-order valence-corrected chi connectivity index (χ0v) is 27.5. The summed E-state index contributed by atoms with van der Waals surface area (Å²) in [7, 11) is 0. The Labute approximate surface area is 294 Å². The molecule has 0 saturated heterocycles. The molecule has 3 heterocycles. The van der Waals surface area contributed by atoms with E-state index in [0.717, 1.165) is 33.2 Å². The first kappa shape index (κ1) is 29.0. The van der Waals surface area contributed by atoms with Gasteiger partial charge in [0.2, 0.25) is 0 Å². The van der Waals surface area contributed by atoms with Crippen LogP contribution in [0.2, 0.25) is 0 Å². The van der Waals surface area contributed by atoms with Crippen LogP contribution in [-0.4, -0.2) is 24.5 Å². The second kappa shape index (κ2) is 11.9. The third kappa shape index (κ3) is 5.03. The lowest BCUT2D eigenvalue weighted by Crippen LogP contribution is -2.02. The zero-order valence-electron chi connectivity index (χ0n) is 27.5. The van der Waals surface area contributed by atoms with E-state index in [4.69, 9.17) is 19.9 Å². The minimum absolute atomic E-state index is 0.526. The normalized spacial score (nSPS) is 11.5. The van der Waals surface area contributed by atoms with Crippen LogP contribution in [-0.2, 0) is 0 Å². The van der Waals surface area contributed by atoms with E-state index in [9.17, 15) is 0 Å². The average Bonchev–Trinajstić information content (AvgIpc) is 3.55. The maximum atomic E-state index is 5.01. The van der Waals surface area contributed by atoms with Gasteiger partial charge in [0.05, 0.1) is 22.9 Å². The fraction of sp³-hybridized carbons (Fsp3) is 0. The summed E-state index contributed by atoms with van der Waals surface area (Å²) in [5, 5.41) is 7.19. The predicted octanol–water partition coefficient (Wildman–Crippen LogP) is 11.3. The first-order valence-corrected chi connectivity index (χ1v) is 17.1. The van der Waals surface area contributed by atoms with Crippen molar-refractivity contribution in [2.75, 3.05) is 0 Å². The van der Waals surface area contributed by atoms with Gasteiger partial charge >= 0.3 is 0 Å². The molecule has 0 N–H and O–H groups in total. The van der Waals surface area contributed by atoms with Gasteiger partial charge < -0.3 is 4.57 Å². The van der Waals surface area contributed by atoms with Crippen LogP contribution in [0.25, 0.3) is 94.5 Å². The monoisotopic (exact) mass is 651 g/mol. The molecule has 0 fully saturated rings. The minimum Gasteiger partial charge on any atom is -0.308 e. The van der Waals surface area contributed by atoms with Crippen LogP contribution < -0.4 is 0 Å². The van der Waals surface area contributed by atoms with Crippen LogP contribution in [0.4, 0.5) is 0 Å². The Bertz CT molecular complexity index is 2900. The highest BCUT2D eigenvalue weighted by Crippen LogP contribution is 2.39. The van der Waals surface area contributed by atoms with Crippen molar-refractivity contribution in [3.8, 4) is 51.1 Å². The number of benzene rings is 7. The number of rotatable bonds is 5. The summed E-state index contributed by atoms with van der Waals surface area (Å²) in [5.74, 6) is 1.74. The van der Waals surface area contributed by atoms with Gasteiger partial charge in [-0.3, -0.25) is 4.98 Å². The lowest BCUT2D eigenvalue weighted by molar-refractivity contribution is 1.05. The van der Waals surface area contributed by atoms with Crippen LogP contribution >= 0.6 is 0 Å². The quantitative estimate of drug-likeness (QED) is 0.186. The van der Waals surface area contributed by atoms with E-state index < -0.39 is 0 Å². The molecule has 0 bridgehead atoms. The number of nitrogens with zero attached hydrogens (tertiary/aromatic N) is 5. The van der Waals surface area contributed by atoms with Gasteiger partial charge in [0.15, 0.2) is 17.5 Å². The van der Waals surface area contributed by atoms with Crippen LogP contribution in [0.3, 0.4) is 0 Å². The highest BCUT2D eigenvalue weighted by molar-refractivity contribution is 6.21. The number of aromatic nitrogens is 5. The predicted molar refractivity (Wildman–Crippen MR) is 209 cm³/mol. The molecule has 0 spiro atoms. The highest BCUT2D eigenvalue weighted by Gasteiger charge is 2.18. The van der Waals surface area contributed by atoms with Crippen LogP contribution in [0.5, 0.6) is 0 Å². The Balaban J connectivity index is 1.14. The molecule has 0 aliphatic carbocycles. The van der Waals surface area contributed by atoms with E-state index in [0.29, 0.717) is 23.2 Å². The molecular weight excluding hydrogens is 623 g/mol. The van der Waals surface area contributed by atoms with E-state index in [1.54, 1.807) is 0 Å².